The van der Waals surface area contributed by atoms with Crippen molar-refractivity contribution in [2.75, 3.05) is 6.54 Å². The van der Waals surface area contributed by atoms with Gasteiger partial charge < -0.3 is 10.6 Å². The van der Waals surface area contributed by atoms with Crippen LogP contribution >= 0.6 is 15.9 Å². The minimum atomic E-state index is -0.102. The van der Waals surface area contributed by atoms with Crippen LogP contribution in [0.4, 0.5) is 4.79 Å². The highest BCUT2D eigenvalue weighted by molar-refractivity contribution is 9.11. The van der Waals surface area contributed by atoms with Gasteiger partial charge in [0.1, 0.15) is 0 Å². The number of rotatable bonds is 5. The molecule has 0 heterocycles. The van der Waals surface area contributed by atoms with Crippen LogP contribution in [0.2, 0.25) is 0 Å². The van der Waals surface area contributed by atoms with E-state index in [9.17, 15) is 4.79 Å². The highest BCUT2D eigenvalue weighted by atomic mass is 79.9. The highest BCUT2D eigenvalue weighted by Gasteiger charge is 2.00. The van der Waals surface area contributed by atoms with Crippen molar-refractivity contribution in [1.29, 1.82) is 0 Å². The monoisotopic (exact) mass is 248 g/mol. The molecule has 0 aliphatic carbocycles. The molecule has 3 nitrogen and oxygen atoms in total. The van der Waals surface area contributed by atoms with Gasteiger partial charge in [-0.05, 0) is 31.2 Å². The standard InChI is InChI=1S/C9H17BrN2O/c1-7(2)12-9(13)11-6-4-5-8(3)10/h7H,3-6H2,1-2H3,(H2,11,12,13). The van der Waals surface area contributed by atoms with Gasteiger partial charge in [-0.3, -0.25) is 0 Å². The lowest BCUT2D eigenvalue weighted by atomic mass is 10.3. The molecule has 0 bridgehead atoms. The van der Waals surface area contributed by atoms with E-state index in [0.717, 1.165) is 17.3 Å². The van der Waals surface area contributed by atoms with E-state index in [1.54, 1.807) is 0 Å². The van der Waals surface area contributed by atoms with E-state index in [1.807, 2.05) is 13.8 Å². The molecule has 13 heavy (non-hydrogen) atoms. The first-order valence-electron chi connectivity index (χ1n) is 4.40. The van der Waals surface area contributed by atoms with E-state index in [0.29, 0.717) is 6.54 Å². The average Bonchev–Trinajstić information content (AvgIpc) is 1.96. The summed E-state index contributed by atoms with van der Waals surface area (Å²) in [6.07, 6.45) is 1.80. The molecule has 0 aliphatic rings. The van der Waals surface area contributed by atoms with Crippen LogP contribution in [0.15, 0.2) is 11.1 Å². The second-order valence-electron chi connectivity index (χ2n) is 3.18. The average molecular weight is 249 g/mol. The topological polar surface area (TPSA) is 41.1 Å². The van der Waals surface area contributed by atoms with Gasteiger partial charge in [0, 0.05) is 12.6 Å². The fourth-order valence-electron chi connectivity index (χ4n) is 0.795. The van der Waals surface area contributed by atoms with Gasteiger partial charge in [0.05, 0.1) is 0 Å². The molecule has 0 aromatic rings. The maximum atomic E-state index is 11.0. The number of amides is 2. The third-order valence-corrected chi connectivity index (χ3v) is 1.73. The smallest absolute Gasteiger partial charge is 0.314 e. The number of allylic oxidation sites excluding steroid dienone is 1. The Balaban J connectivity index is 3.32. The second kappa shape index (κ2) is 6.95. The Morgan fingerprint density at radius 3 is 2.62 bits per heavy atom. The molecule has 0 rings (SSSR count). The number of halogens is 1. The van der Waals surface area contributed by atoms with Gasteiger partial charge in [0.2, 0.25) is 0 Å². The van der Waals surface area contributed by atoms with Crippen LogP contribution in [0.3, 0.4) is 0 Å². The predicted molar refractivity (Wildman–Crippen MR) is 59.0 cm³/mol. The molecule has 0 saturated carbocycles. The van der Waals surface area contributed by atoms with E-state index >= 15 is 0 Å². The Hall–Kier alpha value is -0.510. The zero-order valence-electron chi connectivity index (χ0n) is 8.19. The predicted octanol–water partition coefficient (Wildman–Crippen LogP) is 2.38. The Morgan fingerprint density at radius 2 is 2.15 bits per heavy atom. The van der Waals surface area contributed by atoms with Crippen LogP contribution in [-0.4, -0.2) is 18.6 Å². The SMILES string of the molecule is C=C(Br)CCCNC(=O)NC(C)C. The van der Waals surface area contributed by atoms with Crippen molar-refractivity contribution in [3.05, 3.63) is 11.1 Å². The molecule has 0 fully saturated rings. The van der Waals surface area contributed by atoms with Crippen LogP contribution in [-0.2, 0) is 0 Å². The summed E-state index contributed by atoms with van der Waals surface area (Å²) in [6, 6.07) is 0.0846. The third-order valence-electron chi connectivity index (χ3n) is 1.33. The second-order valence-corrected chi connectivity index (χ2v) is 4.30. The molecular weight excluding hydrogens is 232 g/mol. The minimum absolute atomic E-state index is 0.102. The number of nitrogens with one attached hydrogen (secondary N) is 2. The highest BCUT2D eigenvalue weighted by Crippen LogP contribution is 2.07. The van der Waals surface area contributed by atoms with E-state index in [4.69, 9.17) is 0 Å². The quantitative estimate of drug-likeness (QED) is 0.721. The van der Waals surface area contributed by atoms with Crippen molar-refractivity contribution in [1.82, 2.24) is 10.6 Å². The largest absolute Gasteiger partial charge is 0.338 e. The van der Waals surface area contributed by atoms with Gasteiger partial charge in [0.15, 0.2) is 0 Å². The zero-order chi connectivity index (χ0) is 10.3. The molecule has 0 spiro atoms. The maximum absolute atomic E-state index is 11.0. The lowest BCUT2D eigenvalue weighted by Crippen LogP contribution is -2.39. The third kappa shape index (κ3) is 9.40. The fourth-order valence-corrected chi connectivity index (χ4v) is 1.08. The number of carbonyl (C=O) groups excluding carboxylic acids is 1. The molecular formula is C9H17BrN2O. The Bertz CT molecular complexity index is 180. The number of urea groups is 1. The van der Waals surface area contributed by atoms with E-state index in [2.05, 4.69) is 33.1 Å². The summed E-state index contributed by atoms with van der Waals surface area (Å²) in [6.45, 7) is 8.25. The fraction of sp³-hybridized carbons (Fsp3) is 0.667. The number of carbonyl (C=O) groups is 1. The summed E-state index contributed by atoms with van der Waals surface area (Å²) in [5.41, 5.74) is 0. The van der Waals surface area contributed by atoms with Gasteiger partial charge in [-0.15, -0.1) is 0 Å². The van der Waals surface area contributed by atoms with Gasteiger partial charge >= 0.3 is 6.03 Å². The van der Waals surface area contributed by atoms with Gasteiger partial charge in [-0.1, -0.05) is 22.5 Å². The summed E-state index contributed by atoms with van der Waals surface area (Å²) in [5, 5.41) is 5.50. The van der Waals surface area contributed by atoms with E-state index in [-0.39, 0.29) is 12.1 Å². The van der Waals surface area contributed by atoms with Crippen molar-refractivity contribution < 1.29 is 4.79 Å². The Labute approximate surface area is 88.1 Å². The van der Waals surface area contributed by atoms with Gasteiger partial charge in [-0.2, -0.15) is 0 Å². The van der Waals surface area contributed by atoms with Crippen molar-refractivity contribution >= 4 is 22.0 Å². The zero-order valence-corrected chi connectivity index (χ0v) is 9.78. The maximum Gasteiger partial charge on any atom is 0.314 e. The summed E-state index contributed by atoms with van der Waals surface area (Å²) < 4.78 is 0.971. The first-order chi connectivity index (χ1) is 6.02. The number of hydrogen-bond acceptors (Lipinski definition) is 1. The Morgan fingerprint density at radius 1 is 1.54 bits per heavy atom. The molecule has 0 atom stereocenters. The van der Waals surface area contributed by atoms with Gasteiger partial charge in [0.25, 0.3) is 0 Å². The van der Waals surface area contributed by atoms with Crippen LogP contribution in [0.1, 0.15) is 26.7 Å². The van der Waals surface area contributed by atoms with Crippen LogP contribution in [0.25, 0.3) is 0 Å². The molecule has 4 heteroatoms. The Kier molecular flexibility index (Phi) is 6.68. The van der Waals surface area contributed by atoms with Crippen molar-refractivity contribution in [2.45, 2.75) is 32.7 Å². The van der Waals surface area contributed by atoms with Crippen molar-refractivity contribution in [2.24, 2.45) is 0 Å². The van der Waals surface area contributed by atoms with Gasteiger partial charge in [-0.25, -0.2) is 4.79 Å². The van der Waals surface area contributed by atoms with Crippen molar-refractivity contribution in [3.63, 3.8) is 0 Å². The normalized spacial score (nSPS) is 9.85. The van der Waals surface area contributed by atoms with E-state index < -0.39 is 0 Å². The molecule has 0 unspecified atom stereocenters. The molecule has 0 radical (unpaired) electrons. The lowest BCUT2D eigenvalue weighted by Gasteiger charge is -2.09. The summed E-state index contributed by atoms with van der Waals surface area (Å²) in [7, 11) is 0. The van der Waals surface area contributed by atoms with E-state index in [1.165, 1.54) is 0 Å². The molecule has 2 N–H and O–H groups in total. The molecule has 76 valence electrons. The minimum Gasteiger partial charge on any atom is -0.338 e. The molecule has 2 amide bonds. The lowest BCUT2D eigenvalue weighted by molar-refractivity contribution is 0.238. The first-order valence-corrected chi connectivity index (χ1v) is 5.19. The molecule has 0 aromatic carbocycles. The summed E-state index contributed by atoms with van der Waals surface area (Å²) in [5.74, 6) is 0. The molecule has 0 aromatic heterocycles. The number of hydrogen-bond donors (Lipinski definition) is 2. The van der Waals surface area contributed by atoms with Crippen LogP contribution in [0.5, 0.6) is 0 Å². The van der Waals surface area contributed by atoms with Crippen LogP contribution in [0, 0.1) is 0 Å². The van der Waals surface area contributed by atoms with Crippen LogP contribution < -0.4 is 10.6 Å². The first kappa shape index (κ1) is 12.5. The summed E-state index contributed by atoms with van der Waals surface area (Å²) >= 11 is 3.26. The molecule has 0 saturated heterocycles. The summed E-state index contributed by atoms with van der Waals surface area (Å²) in [4.78, 5) is 11.0. The molecule has 0 aliphatic heterocycles. The van der Waals surface area contributed by atoms with Crippen molar-refractivity contribution in [3.8, 4) is 0 Å².